The average molecular weight is 310 g/mol. The number of benzene rings is 1. The molecule has 1 amide bonds. The zero-order chi connectivity index (χ0) is 13.0. The van der Waals surface area contributed by atoms with Crippen LogP contribution in [0.3, 0.4) is 0 Å². The van der Waals surface area contributed by atoms with Crippen LogP contribution in [0.2, 0.25) is 0 Å². The number of para-hydroxylation sites is 1. The highest BCUT2D eigenvalue weighted by atomic mass is 79.9. The number of aryl methyl sites for hydroxylation is 1. The van der Waals surface area contributed by atoms with Crippen molar-refractivity contribution in [1.82, 2.24) is 9.99 Å². The lowest BCUT2D eigenvalue weighted by molar-refractivity contribution is -0.121. The number of carbonyl (C=O) groups excluding carboxylic acids is 1. The fourth-order valence-electron chi connectivity index (χ4n) is 2.03. The van der Waals surface area contributed by atoms with Crippen LogP contribution in [-0.4, -0.2) is 10.5 Å². The van der Waals surface area contributed by atoms with Crippen molar-refractivity contribution >= 4 is 32.7 Å². The Balaban J connectivity index is 1.98. The molecule has 5 heteroatoms. The van der Waals surface area contributed by atoms with Crippen LogP contribution in [0.15, 0.2) is 34.9 Å². The standard InChI is InChI=1S/C13H16BrN3O/c14-11-9-17(8-4-3-7-13(18)16-15)12-6-2-1-5-10(11)12/h1-2,5-6,9H,3-4,7-8,15H2,(H,16,18). The van der Waals surface area contributed by atoms with E-state index in [1.807, 2.05) is 12.1 Å². The van der Waals surface area contributed by atoms with Crippen LogP contribution in [0.4, 0.5) is 0 Å². The lowest BCUT2D eigenvalue weighted by Gasteiger charge is -2.04. The van der Waals surface area contributed by atoms with Crippen molar-refractivity contribution < 1.29 is 4.79 Å². The Hall–Kier alpha value is -1.33. The summed E-state index contributed by atoms with van der Waals surface area (Å²) in [6.07, 6.45) is 4.37. The normalized spacial score (nSPS) is 10.8. The van der Waals surface area contributed by atoms with Gasteiger partial charge in [0.2, 0.25) is 5.91 Å². The summed E-state index contributed by atoms with van der Waals surface area (Å²) < 4.78 is 3.32. The van der Waals surface area contributed by atoms with Gasteiger partial charge in [-0.15, -0.1) is 0 Å². The molecule has 2 rings (SSSR count). The van der Waals surface area contributed by atoms with Gasteiger partial charge in [-0.3, -0.25) is 10.2 Å². The predicted molar refractivity (Wildman–Crippen MR) is 75.8 cm³/mol. The summed E-state index contributed by atoms with van der Waals surface area (Å²) in [6.45, 7) is 0.907. The van der Waals surface area contributed by atoms with E-state index in [4.69, 9.17) is 5.84 Å². The molecular formula is C13H16BrN3O. The molecule has 0 bridgehead atoms. The Bertz CT molecular complexity index is 550. The van der Waals surface area contributed by atoms with Crippen molar-refractivity contribution in [3.63, 3.8) is 0 Å². The SMILES string of the molecule is NNC(=O)CCCCn1cc(Br)c2ccccc21. The van der Waals surface area contributed by atoms with Gasteiger partial charge < -0.3 is 4.57 Å². The zero-order valence-electron chi connectivity index (χ0n) is 10.0. The van der Waals surface area contributed by atoms with E-state index in [1.165, 1.54) is 10.9 Å². The van der Waals surface area contributed by atoms with E-state index < -0.39 is 0 Å². The Kier molecular flexibility index (Phi) is 4.38. The molecule has 0 saturated heterocycles. The lowest BCUT2D eigenvalue weighted by atomic mass is 10.2. The Morgan fingerprint density at radius 2 is 2.11 bits per heavy atom. The van der Waals surface area contributed by atoms with Crippen molar-refractivity contribution in [3.8, 4) is 0 Å². The first-order valence-electron chi connectivity index (χ1n) is 5.95. The quantitative estimate of drug-likeness (QED) is 0.386. The topological polar surface area (TPSA) is 60.0 Å². The van der Waals surface area contributed by atoms with Crippen LogP contribution in [0.25, 0.3) is 10.9 Å². The van der Waals surface area contributed by atoms with Crippen molar-refractivity contribution in [3.05, 3.63) is 34.9 Å². The summed E-state index contributed by atoms with van der Waals surface area (Å²) >= 11 is 3.56. The van der Waals surface area contributed by atoms with E-state index >= 15 is 0 Å². The summed E-state index contributed by atoms with van der Waals surface area (Å²) in [5.74, 6) is 4.93. The van der Waals surface area contributed by atoms with E-state index in [-0.39, 0.29) is 5.91 Å². The van der Waals surface area contributed by atoms with Crippen molar-refractivity contribution in [2.75, 3.05) is 0 Å². The molecule has 1 aromatic carbocycles. The van der Waals surface area contributed by atoms with Gasteiger partial charge in [0.05, 0.1) is 0 Å². The van der Waals surface area contributed by atoms with Gasteiger partial charge in [0.25, 0.3) is 0 Å². The number of hydrazine groups is 1. The molecule has 0 aliphatic rings. The number of nitrogens with one attached hydrogen (secondary N) is 1. The number of rotatable bonds is 5. The highest BCUT2D eigenvalue weighted by molar-refractivity contribution is 9.10. The van der Waals surface area contributed by atoms with Gasteiger partial charge in [-0.05, 0) is 34.8 Å². The van der Waals surface area contributed by atoms with Crippen molar-refractivity contribution in [1.29, 1.82) is 0 Å². The van der Waals surface area contributed by atoms with Gasteiger partial charge in [0.1, 0.15) is 0 Å². The highest BCUT2D eigenvalue weighted by Crippen LogP contribution is 2.26. The molecule has 1 heterocycles. The molecule has 96 valence electrons. The van der Waals surface area contributed by atoms with Crippen molar-refractivity contribution in [2.45, 2.75) is 25.8 Å². The molecule has 0 aliphatic carbocycles. The van der Waals surface area contributed by atoms with E-state index in [0.29, 0.717) is 6.42 Å². The van der Waals surface area contributed by atoms with E-state index in [0.717, 1.165) is 23.9 Å². The molecule has 0 atom stereocenters. The molecule has 0 spiro atoms. The van der Waals surface area contributed by atoms with Crippen LogP contribution in [0.1, 0.15) is 19.3 Å². The molecule has 1 aromatic heterocycles. The molecular weight excluding hydrogens is 294 g/mol. The lowest BCUT2D eigenvalue weighted by Crippen LogP contribution is -2.29. The fourth-order valence-corrected chi connectivity index (χ4v) is 2.61. The molecule has 0 unspecified atom stereocenters. The number of hydrogen-bond acceptors (Lipinski definition) is 2. The molecule has 3 N–H and O–H groups in total. The molecule has 0 aliphatic heterocycles. The first-order valence-corrected chi connectivity index (χ1v) is 6.74. The number of carbonyl (C=O) groups is 1. The van der Waals surface area contributed by atoms with Gasteiger partial charge >= 0.3 is 0 Å². The third-order valence-electron chi connectivity index (χ3n) is 2.95. The summed E-state index contributed by atoms with van der Waals surface area (Å²) in [5.41, 5.74) is 3.36. The minimum atomic E-state index is -0.103. The highest BCUT2D eigenvalue weighted by Gasteiger charge is 2.05. The van der Waals surface area contributed by atoms with Gasteiger partial charge in [0.15, 0.2) is 0 Å². The maximum absolute atomic E-state index is 11.0. The third kappa shape index (κ3) is 2.91. The van der Waals surface area contributed by atoms with Gasteiger partial charge in [-0.25, -0.2) is 5.84 Å². The second-order valence-corrected chi connectivity index (χ2v) is 5.07. The largest absolute Gasteiger partial charge is 0.346 e. The zero-order valence-corrected chi connectivity index (χ0v) is 11.6. The van der Waals surface area contributed by atoms with Crippen LogP contribution in [-0.2, 0) is 11.3 Å². The van der Waals surface area contributed by atoms with E-state index in [9.17, 15) is 4.79 Å². The number of fused-ring (bicyclic) bond motifs is 1. The van der Waals surface area contributed by atoms with Crippen LogP contribution >= 0.6 is 15.9 Å². The molecule has 0 saturated carbocycles. The number of amides is 1. The van der Waals surface area contributed by atoms with Crippen molar-refractivity contribution in [2.24, 2.45) is 5.84 Å². The number of nitrogens with zero attached hydrogens (tertiary/aromatic N) is 1. The molecule has 2 aromatic rings. The second-order valence-electron chi connectivity index (χ2n) is 4.21. The summed E-state index contributed by atoms with van der Waals surface area (Å²) in [7, 11) is 0. The fraction of sp³-hybridized carbons (Fsp3) is 0.308. The monoisotopic (exact) mass is 309 g/mol. The number of unbranched alkanes of at least 4 members (excludes halogenated alkanes) is 1. The third-order valence-corrected chi connectivity index (χ3v) is 3.59. The maximum Gasteiger partial charge on any atom is 0.233 e. The number of nitrogens with two attached hydrogens (primary N) is 1. The Morgan fingerprint density at radius 1 is 1.33 bits per heavy atom. The predicted octanol–water partition coefficient (Wildman–Crippen LogP) is 2.56. The number of halogens is 1. The number of aromatic nitrogens is 1. The minimum absolute atomic E-state index is 0.103. The van der Waals surface area contributed by atoms with Gasteiger partial charge in [0, 0.05) is 34.5 Å². The smallest absolute Gasteiger partial charge is 0.233 e. The Morgan fingerprint density at radius 3 is 2.89 bits per heavy atom. The minimum Gasteiger partial charge on any atom is -0.346 e. The van der Waals surface area contributed by atoms with Crippen LogP contribution in [0, 0.1) is 0 Å². The summed E-state index contributed by atoms with van der Waals surface area (Å²) in [4.78, 5) is 11.0. The molecule has 4 nitrogen and oxygen atoms in total. The van der Waals surface area contributed by atoms with E-state index in [2.05, 4.69) is 44.3 Å². The van der Waals surface area contributed by atoms with Gasteiger partial charge in [-0.1, -0.05) is 18.2 Å². The average Bonchev–Trinajstić information content (AvgIpc) is 2.72. The molecule has 0 radical (unpaired) electrons. The summed E-state index contributed by atoms with van der Waals surface area (Å²) in [5, 5.41) is 1.22. The first-order chi connectivity index (χ1) is 8.72. The van der Waals surface area contributed by atoms with E-state index in [1.54, 1.807) is 0 Å². The summed E-state index contributed by atoms with van der Waals surface area (Å²) in [6, 6.07) is 8.26. The van der Waals surface area contributed by atoms with Gasteiger partial charge in [-0.2, -0.15) is 0 Å². The van der Waals surface area contributed by atoms with Crippen LogP contribution < -0.4 is 11.3 Å². The molecule has 0 fully saturated rings. The Labute approximate surface area is 114 Å². The number of hydrogen-bond donors (Lipinski definition) is 2. The maximum atomic E-state index is 11.0. The molecule has 18 heavy (non-hydrogen) atoms. The first kappa shape index (κ1) is 13.1. The second kappa shape index (κ2) is 6.02. The van der Waals surface area contributed by atoms with Crippen LogP contribution in [0.5, 0.6) is 0 Å².